The predicted octanol–water partition coefficient (Wildman–Crippen LogP) is 4.10. The van der Waals surface area contributed by atoms with Crippen LogP contribution in [0.3, 0.4) is 0 Å². The molecule has 1 aromatic heterocycles. The number of H-pyrrole nitrogens is 1. The number of benzene rings is 2. The van der Waals surface area contributed by atoms with Crippen LogP contribution in [-0.4, -0.2) is 35.8 Å². The van der Waals surface area contributed by atoms with Gasteiger partial charge in [0.1, 0.15) is 6.04 Å². The molecule has 0 spiro atoms. The molecule has 1 unspecified atom stereocenters. The first kappa shape index (κ1) is 18.3. The van der Waals surface area contributed by atoms with E-state index in [0.29, 0.717) is 29.4 Å². The summed E-state index contributed by atoms with van der Waals surface area (Å²) in [6.45, 7) is 0.541. The topological polar surface area (TPSA) is 70.2 Å². The van der Waals surface area contributed by atoms with Gasteiger partial charge in [0.05, 0.1) is 24.0 Å². The quantitative estimate of drug-likeness (QED) is 0.676. The zero-order chi connectivity index (χ0) is 19.7. The standard InChI is InChI=1S/C20H18ClFN4O2/c1-28-19-9-14(3-4-16(19)22)25-17-6-7-26(20(17)27)18-5-2-12(8-15(18)21)13-10-23-24-11-13/h2-5,8-11,17,25H,6-7H2,1H3,(H,23,24). The van der Waals surface area contributed by atoms with Crippen LogP contribution in [0.5, 0.6) is 5.75 Å². The number of aromatic nitrogens is 2. The second-order valence-electron chi connectivity index (χ2n) is 6.48. The lowest BCUT2D eigenvalue weighted by Crippen LogP contribution is -2.33. The van der Waals surface area contributed by atoms with Crippen LogP contribution in [0.15, 0.2) is 48.8 Å². The van der Waals surface area contributed by atoms with Gasteiger partial charge in [-0.1, -0.05) is 17.7 Å². The van der Waals surface area contributed by atoms with Gasteiger partial charge in [-0.25, -0.2) is 4.39 Å². The fourth-order valence-corrected chi connectivity index (χ4v) is 3.60. The van der Waals surface area contributed by atoms with Crippen LogP contribution >= 0.6 is 11.6 Å². The van der Waals surface area contributed by atoms with Crippen LogP contribution in [0, 0.1) is 5.82 Å². The van der Waals surface area contributed by atoms with Gasteiger partial charge in [-0.05, 0) is 36.2 Å². The number of nitrogens with zero attached hydrogens (tertiary/aromatic N) is 2. The molecule has 1 aliphatic heterocycles. The normalized spacial score (nSPS) is 16.5. The van der Waals surface area contributed by atoms with E-state index < -0.39 is 11.9 Å². The van der Waals surface area contributed by atoms with Gasteiger partial charge in [-0.3, -0.25) is 9.89 Å². The molecule has 1 fully saturated rings. The van der Waals surface area contributed by atoms with Crippen molar-refractivity contribution in [1.29, 1.82) is 0 Å². The maximum Gasteiger partial charge on any atom is 0.249 e. The fraction of sp³-hybridized carbons (Fsp3) is 0.200. The minimum atomic E-state index is -0.447. The van der Waals surface area contributed by atoms with Crippen LogP contribution in [0.4, 0.5) is 15.8 Å². The van der Waals surface area contributed by atoms with Crippen LogP contribution < -0.4 is 15.0 Å². The molecule has 6 nitrogen and oxygen atoms in total. The maximum atomic E-state index is 13.6. The van der Waals surface area contributed by atoms with E-state index >= 15 is 0 Å². The molecule has 1 saturated heterocycles. The number of rotatable bonds is 5. The Balaban J connectivity index is 1.51. The summed E-state index contributed by atoms with van der Waals surface area (Å²) in [5.74, 6) is -0.400. The Kier molecular flexibility index (Phi) is 4.92. The van der Waals surface area contributed by atoms with Gasteiger partial charge in [-0.2, -0.15) is 5.10 Å². The number of hydrogen-bond acceptors (Lipinski definition) is 4. The number of carbonyl (C=O) groups excluding carboxylic acids is 1. The zero-order valence-corrected chi connectivity index (χ0v) is 15.8. The van der Waals surface area contributed by atoms with Crippen molar-refractivity contribution in [3.05, 3.63) is 59.6 Å². The highest BCUT2D eigenvalue weighted by Gasteiger charge is 2.33. The van der Waals surface area contributed by atoms with Gasteiger partial charge in [0.2, 0.25) is 5.91 Å². The van der Waals surface area contributed by atoms with Crippen LogP contribution in [-0.2, 0) is 4.79 Å². The summed E-state index contributed by atoms with van der Waals surface area (Å²) in [6, 6.07) is 9.58. The highest BCUT2D eigenvalue weighted by atomic mass is 35.5. The number of aromatic amines is 1. The summed E-state index contributed by atoms with van der Waals surface area (Å²) in [6.07, 6.45) is 4.10. The minimum Gasteiger partial charge on any atom is -0.494 e. The third-order valence-corrected chi connectivity index (χ3v) is 5.07. The predicted molar refractivity (Wildman–Crippen MR) is 106 cm³/mol. The molecule has 8 heteroatoms. The number of amides is 1. The summed E-state index contributed by atoms with van der Waals surface area (Å²) in [5.41, 5.74) is 3.13. The van der Waals surface area contributed by atoms with E-state index in [2.05, 4.69) is 15.5 Å². The van der Waals surface area contributed by atoms with E-state index in [1.54, 1.807) is 23.4 Å². The summed E-state index contributed by atoms with van der Waals surface area (Å²) in [7, 11) is 1.40. The van der Waals surface area contributed by atoms with Crippen molar-refractivity contribution in [3.63, 3.8) is 0 Å². The van der Waals surface area contributed by atoms with Crippen molar-refractivity contribution in [2.24, 2.45) is 0 Å². The van der Waals surface area contributed by atoms with Crippen molar-refractivity contribution in [3.8, 4) is 16.9 Å². The van der Waals surface area contributed by atoms with Crippen molar-refractivity contribution < 1.29 is 13.9 Å². The second kappa shape index (κ2) is 7.52. The van der Waals surface area contributed by atoms with E-state index in [-0.39, 0.29) is 11.7 Å². The van der Waals surface area contributed by atoms with Crippen LogP contribution in [0.25, 0.3) is 11.1 Å². The van der Waals surface area contributed by atoms with Gasteiger partial charge in [0.15, 0.2) is 11.6 Å². The summed E-state index contributed by atoms with van der Waals surface area (Å²) >= 11 is 6.45. The molecule has 28 heavy (non-hydrogen) atoms. The van der Waals surface area contributed by atoms with Gasteiger partial charge < -0.3 is 15.0 Å². The Bertz CT molecular complexity index is 1010. The smallest absolute Gasteiger partial charge is 0.249 e. The van der Waals surface area contributed by atoms with Crippen molar-refractivity contribution in [2.45, 2.75) is 12.5 Å². The highest BCUT2D eigenvalue weighted by Crippen LogP contribution is 2.34. The molecule has 4 rings (SSSR count). The molecule has 1 amide bonds. The number of halogens is 2. The number of methoxy groups -OCH3 is 1. The van der Waals surface area contributed by atoms with Crippen molar-refractivity contribution >= 4 is 28.9 Å². The Hall–Kier alpha value is -3.06. The number of anilines is 2. The average molecular weight is 401 g/mol. The van der Waals surface area contributed by atoms with E-state index in [9.17, 15) is 9.18 Å². The molecule has 3 aromatic rings. The van der Waals surface area contributed by atoms with E-state index in [1.807, 2.05) is 18.2 Å². The first-order valence-electron chi connectivity index (χ1n) is 8.77. The fourth-order valence-electron chi connectivity index (χ4n) is 3.32. The Morgan fingerprint density at radius 2 is 2.14 bits per heavy atom. The largest absolute Gasteiger partial charge is 0.494 e. The van der Waals surface area contributed by atoms with Gasteiger partial charge in [0, 0.05) is 30.1 Å². The lowest BCUT2D eigenvalue weighted by atomic mass is 10.1. The van der Waals surface area contributed by atoms with Crippen molar-refractivity contribution in [1.82, 2.24) is 10.2 Å². The number of ether oxygens (including phenoxy) is 1. The number of hydrogen-bond donors (Lipinski definition) is 2. The molecule has 0 radical (unpaired) electrons. The van der Waals surface area contributed by atoms with E-state index in [4.69, 9.17) is 16.3 Å². The third kappa shape index (κ3) is 3.41. The van der Waals surface area contributed by atoms with E-state index in [1.165, 1.54) is 19.2 Å². The average Bonchev–Trinajstić information content (AvgIpc) is 3.34. The molecule has 1 aliphatic rings. The molecule has 1 atom stereocenters. The first-order chi connectivity index (χ1) is 13.6. The minimum absolute atomic E-state index is 0.0822. The lowest BCUT2D eigenvalue weighted by Gasteiger charge is -2.19. The number of carbonyl (C=O) groups is 1. The monoisotopic (exact) mass is 400 g/mol. The molecular formula is C20H18ClFN4O2. The summed E-state index contributed by atoms with van der Waals surface area (Å²) in [4.78, 5) is 14.5. The van der Waals surface area contributed by atoms with Gasteiger partial charge in [0.25, 0.3) is 0 Å². The third-order valence-electron chi connectivity index (χ3n) is 4.77. The Labute approximate surface area is 166 Å². The molecule has 2 aromatic carbocycles. The molecular weight excluding hydrogens is 383 g/mol. The highest BCUT2D eigenvalue weighted by molar-refractivity contribution is 6.34. The first-order valence-corrected chi connectivity index (χ1v) is 9.15. The van der Waals surface area contributed by atoms with E-state index in [0.717, 1.165) is 11.1 Å². The van der Waals surface area contributed by atoms with Crippen molar-refractivity contribution in [2.75, 3.05) is 23.9 Å². The summed E-state index contributed by atoms with van der Waals surface area (Å²) in [5, 5.41) is 10.3. The van der Waals surface area contributed by atoms with Gasteiger partial charge in [-0.15, -0.1) is 0 Å². The van der Waals surface area contributed by atoms with Crippen LogP contribution in [0.1, 0.15) is 6.42 Å². The zero-order valence-electron chi connectivity index (χ0n) is 15.1. The second-order valence-corrected chi connectivity index (χ2v) is 6.89. The maximum absolute atomic E-state index is 13.6. The van der Waals surface area contributed by atoms with Gasteiger partial charge >= 0.3 is 0 Å². The lowest BCUT2D eigenvalue weighted by molar-refractivity contribution is -0.117. The molecule has 144 valence electrons. The molecule has 0 aliphatic carbocycles. The Morgan fingerprint density at radius 3 is 2.86 bits per heavy atom. The SMILES string of the molecule is COc1cc(NC2CCN(c3ccc(-c4cn[nH]c4)cc3Cl)C2=O)ccc1F. The Morgan fingerprint density at radius 1 is 1.29 bits per heavy atom. The summed E-state index contributed by atoms with van der Waals surface area (Å²) < 4.78 is 18.6. The van der Waals surface area contributed by atoms with Crippen LogP contribution in [0.2, 0.25) is 5.02 Å². The molecule has 2 heterocycles. The molecule has 0 bridgehead atoms. The molecule has 2 N–H and O–H groups in total. The number of nitrogens with one attached hydrogen (secondary N) is 2. The molecule has 0 saturated carbocycles.